The third-order valence-electron chi connectivity index (χ3n) is 6.95. The predicted molar refractivity (Wildman–Crippen MR) is 121 cm³/mol. The zero-order valence-corrected chi connectivity index (χ0v) is 17.5. The van der Waals surface area contributed by atoms with E-state index in [-0.39, 0.29) is 0 Å². The highest BCUT2D eigenvalue weighted by Gasteiger charge is 2.33. The van der Waals surface area contributed by atoms with Gasteiger partial charge in [0.05, 0.1) is 23.6 Å². The fourth-order valence-electron chi connectivity index (χ4n) is 5.29. The van der Waals surface area contributed by atoms with Gasteiger partial charge in [0.2, 0.25) is 0 Å². The van der Waals surface area contributed by atoms with Crippen LogP contribution in [0.1, 0.15) is 32.1 Å². The lowest BCUT2D eigenvalue weighted by Gasteiger charge is -2.43. The second kappa shape index (κ2) is 7.46. The van der Waals surface area contributed by atoms with Gasteiger partial charge in [-0.15, -0.1) is 10.2 Å². The summed E-state index contributed by atoms with van der Waals surface area (Å²) in [5, 5.41) is 28.3. The van der Waals surface area contributed by atoms with Crippen LogP contribution in [-0.4, -0.2) is 55.8 Å². The number of hydrogen-bond acceptors (Lipinski definition) is 6. The van der Waals surface area contributed by atoms with Gasteiger partial charge in [0.15, 0.2) is 5.82 Å². The molecule has 0 saturated carbocycles. The summed E-state index contributed by atoms with van der Waals surface area (Å²) in [7, 11) is 2.15. The third kappa shape index (κ3) is 3.27. The highest BCUT2D eigenvalue weighted by Crippen LogP contribution is 2.34. The summed E-state index contributed by atoms with van der Waals surface area (Å²) in [6, 6.07) is 10.1. The van der Waals surface area contributed by atoms with Crippen molar-refractivity contribution in [2.45, 2.75) is 50.2 Å². The first-order valence-corrected chi connectivity index (χ1v) is 11.0. The van der Waals surface area contributed by atoms with E-state index in [0.717, 1.165) is 39.1 Å². The van der Waals surface area contributed by atoms with Gasteiger partial charge in [-0.2, -0.15) is 10.2 Å². The van der Waals surface area contributed by atoms with Gasteiger partial charge in [0, 0.05) is 47.9 Å². The van der Waals surface area contributed by atoms with Crippen LogP contribution in [-0.2, 0) is 0 Å². The van der Waals surface area contributed by atoms with Crippen LogP contribution in [0.3, 0.4) is 0 Å². The van der Waals surface area contributed by atoms with E-state index in [1.165, 1.54) is 32.1 Å². The molecule has 4 aromatic rings. The summed E-state index contributed by atoms with van der Waals surface area (Å²) in [5.74, 6) is 0.935. The topological polar surface area (TPSA) is 98.4 Å². The van der Waals surface area contributed by atoms with Crippen molar-refractivity contribution >= 4 is 16.7 Å². The molecule has 0 spiro atoms. The Morgan fingerprint density at radius 1 is 0.935 bits per heavy atom. The number of aromatic nitrogens is 6. The SMILES string of the molecule is CN(c1ccc(-c2ccc(-c3cn[nH]c3)c3cn[nH]c23)nn1)C1CC2CCCC(C1)N2. The normalized spacial score (nSPS) is 23.2. The minimum atomic E-state index is 0.519. The molecule has 8 nitrogen and oxygen atoms in total. The van der Waals surface area contributed by atoms with E-state index in [4.69, 9.17) is 0 Å². The number of H-pyrrole nitrogens is 2. The lowest BCUT2D eigenvalue weighted by Crippen LogP contribution is -2.54. The number of benzene rings is 1. The van der Waals surface area contributed by atoms with E-state index >= 15 is 0 Å². The number of rotatable bonds is 4. The Kier molecular flexibility index (Phi) is 4.45. The van der Waals surface area contributed by atoms with Gasteiger partial charge in [0.1, 0.15) is 0 Å². The van der Waals surface area contributed by atoms with Gasteiger partial charge in [-0.25, -0.2) is 0 Å². The summed E-state index contributed by atoms with van der Waals surface area (Å²) in [6.07, 6.45) is 11.9. The molecule has 2 bridgehead atoms. The maximum Gasteiger partial charge on any atom is 0.151 e. The maximum absolute atomic E-state index is 4.59. The molecule has 5 heterocycles. The van der Waals surface area contributed by atoms with Crippen molar-refractivity contribution in [1.82, 2.24) is 35.9 Å². The Hall–Kier alpha value is -3.26. The van der Waals surface area contributed by atoms with Crippen molar-refractivity contribution in [2.75, 3.05) is 11.9 Å². The van der Waals surface area contributed by atoms with E-state index in [1.807, 2.05) is 18.6 Å². The molecule has 2 unspecified atom stereocenters. The van der Waals surface area contributed by atoms with E-state index in [0.29, 0.717) is 18.1 Å². The Morgan fingerprint density at radius 2 is 1.77 bits per heavy atom. The molecular formula is C23H26N8. The molecule has 1 aromatic carbocycles. The fraction of sp³-hybridized carbons (Fsp3) is 0.391. The molecule has 2 saturated heterocycles. The largest absolute Gasteiger partial charge is 0.355 e. The molecule has 0 aliphatic carbocycles. The average Bonchev–Trinajstić information content (AvgIpc) is 3.50. The molecule has 31 heavy (non-hydrogen) atoms. The quantitative estimate of drug-likeness (QED) is 0.473. The van der Waals surface area contributed by atoms with E-state index < -0.39 is 0 Å². The Bertz CT molecular complexity index is 1170. The van der Waals surface area contributed by atoms with E-state index in [2.05, 4.69) is 72.1 Å². The second-order valence-electron chi connectivity index (χ2n) is 8.81. The first kappa shape index (κ1) is 18.5. The molecule has 0 radical (unpaired) electrons. The first-order chi connectivity index (χ1) is 15.3. The number of nitrogens with zero attached hydrogens (tertiary/aromatic N) is 5. The molecule has 3 aromatic heterocycles. The zero-order chi connectivity index (χ0) is 20.8. The minimum Gasteiger partial charge on any atom is -0.355 e. The number of nitrogens with one attached hydrogen (secondary N) is 3. The molecule has 2 aliphatic heterocycles. The molecule has 2 atom stereocenters. The lowest BCUT2D eigenvalue weighted by atomic mass is 9.83. The fourth-order valence-corrected chi connectivity index (χ4v) is 5.29. The Labute approximate surface area is 180 Å². The van der Waals surface area contributed by atoms with Crippen LogP contribution in [0, 0.1) is 0 Å². The van der Waals surface area contributed by atoms with E-state index in [1.54, 1.807) is 0 Å². The molecule has 2 aliphatic rings. The third-order valence-corrected chi connectivity index (χ3v) is 6.95. The molecule has 6 rings (SSSR count). The van der Waals surface area contributed by atoms with Crippen molar-refractivity contribution in [3.8, 4) is 22.4 Å². The van der Waals surface area contributed by atoms with Gasteiger partial charge >= 0.3 is 0 Å². The van der Waals surface area contributed by atoms with Crippen LogP contribution in [0.2, 0.25) is 0 Å². The summed E-state index contributed by atoms with van der Waals surface area (Å²) < 4.78 is 0. The Morgan fingerprint density at radius 3 is 2.52 bits per heavy atom. The highest BCUT2D eigenvalue weighted by atomic mass is 15.3. The summed E-state index contributed by atoms with van der Waals surface area (Å²) in [4.78, 5) is 2.32. The molecule has 2 fully saturated rings. The lowest BCUT2D eigenvalue weighted by molar-refractivity contribution is 0.219. The number of hydrogen-bond donors (Lipinski definition) is 3. The Balaban J connectivity index is 1.28. The van der Waals surface area contributed by atoms with Crippen molar-refractivity contribution < 1.29 is 0 Å². The predicted octanol–water partition coefficient (Wildman–Crippen LogP) is 3.52. The van der Waals surface area contributed by atoms with Gasteiger partial charge in [-0.05, 0) is 49.4 Å². The zero-order valence-electron chi connectivity index (χ0n) is 17.5. The number of piperidine rings is 2. The molecule has 158 valence electrons. The summed E-state index contributed by atoms with van der Waals surface area (Å²) in [5.41, 5.74) is 4.92. The van der Waals surface area contributed by atoms with Crippen molar-refractivity contribution in [3.63, 3.8) is 0 Å². The number of anilines is 1. The van der Waals surface area contributed by atoms with Gasteiger partial charge in [0.25, 0.3) is 0 Å². The molecule has 3 N–H and O–H groups in total. The number of aromatic amines is 2. The van der Waals surface area contributed by atoms with Crippen LogP contribution < -0.4 is 10.2 Å². The highest BCUT2D eigenvalue weighted by molar-refractivity contribution is 6.01. The van der Waals surface area contributed by atoms with Crippen LogP contribution in [0.4, 0.5) is 5.82 Å². The van der Waals surface area contributed by atoms with Gasteiger partial charge < -0.3 is 10.2 Å². The van der Waals surface area contributed by atoms with Gasteiger partial charge in [-0.1, -0.05) is 12.5 Å². The second-order valence-corrected chi connectivity index (χ2v) is 8.81. The maximum atomic E-state index is 4.59. The minimum absolute atomic E-state index is 0.519. The average molecular weight is 415 g/mol. The summed E-state index contributed by atoms with van der Waals surface area (Å²) >= 11 is 0. The molecular weight excluding hydrogens is 388 g/mol. The molecule has 0 amide bonds. The van der Waals surface area contributed by atoms with Crippen molar-refractivity contribution in [1.29, 1.82) is 0 Å². The first-order valence-electron chi connectivity index (χ1n) is 11.0. The van der Waals surface area contributed by atoms with Crippen LogP contribution in [0.15, 0.2) is 42.9 Å². The standard InChI is InChI=1S/C23H26N8/c1-31(17-9-15-3-2-4-16(10-17)27-15)22-8-7-21(28-29-22)19-6-5-18(14-11-24-25-12-14)20-13-26-30-23(19)20/h5-8,11-13,15-17,27H,2-4,9-10H2,1H3,(H,24,25)(H,26,30). The van der Waals surface area contributed by atoms with Crippen LogP contribution in [0.5, 0.6) is 0 Å². The van der Waals surface area contributed by atoms with Crippen molar-refractivity contribution in [3.05, 3.63) is 42.9 Å². The monoisotopic (exact) mass is 414 g/mol. The van der Waals surface area contributed by atoms with Crippen LogP contribution >= 0.6 is 0 Å². The molecule has 8 heteroatoms. The van der Waals surface area contributed by atoms with Crippen LogP contribution in [0.25, 0.3) is 33.3 Å². The number of fused-ring (bicyclic) bond motifs is 3. The van der Waals surface area contributed by atoms with Gasteiger partial charge in [-0.3, -0.25) is 10.2 Å². The smallest absolute Gasteiger partial charge is 0.151 e. The van der Waals surface area contributed by atoms with Crippen molar-refractivity contribution in [2.24, 2.45) is 0 Å². The van der Waals surface area contributed by atoms with E-state index in [9.17, 15) is 0 Å². The summed E-state index contributed by atoms with van der Waals surface area (Å²) in [6.45, 7) is 0.